The van der Waals surface area contributed by atoms with Gasteiger partial charge in [0.1, 0.15) is 6.61 Å². The van der Waals surface area contributed by atoms with Gasteiger partial charge in [-0.1, -0.05) is 49.2 Å². The second-order valence-electron chi connectivity index (χ2n) is 5.37. The number of rotatable bonds is 4. The third kappa shape index (κ3) is 4.08. The van der Waals surface area contributed by atoms with Gasteiger partial charge in [-0.15, -0.1) is 0 Å². The summed E-state index contributed by atoms with van der Waals surface area (Å²) in [6.07, 6.45) is 6.56. The third-order valence-electron chi connectivity index (χ3n) is 4.00. The molecule has 21 heavy (non-hydrogen) atoms. The smallest absolute Gasteiger partial charge is 0.438 e. The van der Waals surface area contributed by atoms with Crippen LogP contribution in [0.3, 0.4) is 0 Å². The Balaban J connectivity index is 2.06. The molecule has 1 aromatic rings. The number of hydrogen-bond acceptors (Lipinski definition) is 4. The van der Waals surface area contributed by atoms with E-state index in [-0.39, 0.29) is 12.5 Å². The zero-order valence-electron chi connectivity index (χ0n) is 12.3. The summed E-state index contributed by atoms with van der Waals surface area (Å²) in [5.74, 6) is 0.0850. The zero-order chi connectivity index (χ0) is 15.1. The number of aliphatic hydroxyl groups is 1. The lowest BCUT2D eigenvalue weighted by Gasteiger charge is -2.38. The molecule has 0 aromatic heterocycles. The Bertz CT molecular complexity index is 483. The Hall–Kier alpha value is -1.81. The van der Waals surface area contributed by atoms with Crippen molar-refractivity contribution in [2.45, 2.75) is 37.2 Å². The minimum atomic E-state index is -0.876. The fourth-order valence-corrected chi connectivity index (χ4v) is 2.95. The van der Waals surface area contributed by atoms with Crippen LogP contribution >= 0.6 is 0 Å². The van der Waals surface area contributed by atoms with E-state index < -0.39 is 11.8 Å². The Labute approximate surface area is 125 Å². The molecule has 0 spiro atoms. The highest BCUT2D eigenvalue weighted by molar-refractivity contribution is 5.59. The summed E-state index contributed by atoms with van der Waals surface area (Å²) in [7, 11) is 1.27. The fourth-order valence-electron chi connectivity index (χ4n) is 2.95. The van der Waals surface area contributed by atoms with Gasteiger partial charge in [-0.2, -0.15) is 0 Å². The van der Waals surface area contributed by atoms with Gasteiger partial charge >= 0.3 is 6.16 Å². The van der Waals surface area contributed by atoms with E-state index in [0.717, 1.165) is 31.2 Å². The van der Waals surface area contributed by atoms with Crippen LogP contribution in [0.1, 0.15) is 37.2 Å². The average Bonchev–Trinajstić information content (AvgIpc) is 2.52. The van der Waals surface area contributed by atoms with E-state index in [0.29, 0.717) is 0 Å². The van der Waals surface area contributed by atoms with E-state index in [4.69, 9.17) is 4.74 Å². The van der Waals surface area contributed by atoms with Gasteiger partial charge in [0.25, 0.3) is 0 Å². The number of methoxy groups -OCH3 is 1. The normalized spacial score (nSPS) is 25.7. The van der Waals surface area contributed by atoms with Gasteiger partial charge in [0.2, 0.25) is 0 Å². The summed E-state index contributed by atoms with van der Waals surface area (Å²) >= 11 is 0. The number of ether oxygens (including phenoxy) is 2. The number of benzene rings is 1. The fraction of sp³-hybridized carbons (Fsp3) is 0.471. The molecular formula is C17H22O4. The Morgan fingerprint density at radius 2 is 2.14 bits per heavy atom. The lowest BCUT2D eigenvalue weighted by molar-refractivity contribution is 0.0276. The van der Waals surface area contributed by atoms with Gasteiger partial charge in [0, 0.05) is 5.92 Å². The lowest BCUT2D eigenvalue weighted by atomic mass is 9.72. The maximum Gasteiger partial charge on any atom is 0.508 e. The van der Waals surface area contributed by atoms with Crippen molar-refractivity contribution in [2.75, 3.05) is 13.7 Å². The summed E-state index contributed by atoms with van der Waals surface area (Å²) < 4.78 is 9.21. The summed E-state index contributed by atoms with van der Waals surface area (Å²) in [6.45, 7) is 0.108. The van der Waals surface area contributed by atoms with Crippen LogP contribution in [-0.4, -0.2) is 30.6 Å². The molecule has 0 aliphatic heterocycles. The molecular weight excluding hydrogens is 268 g/mol. The lowest BCUT2D eigenvalue weighted by Crippen LogP contribution is -2.37. The van der Waals surface area contributed by atoms with Gasteiger partial charge < -0.3 is 14.6 Å². The Kier molecular flexibility index (Phi) is 5.39. The van der Waals surface area contributed by atoms with Crippen molar-refractivity contribution in [3.63, 3.8) is 0 Å². The molecule has 1 N–H and O–H groups in total. The van der Waals surface area contributed by atoms with Crippen LogP contribution in [0, 0.1) is 0 Å². The summed E-state index contributed by atoms with van der Waals surface area (Å²) in [5, 5.41) is 10.9. The van der Waals surface area contributed by atoms with Crippen molar-refractivity contribution in [3.8, 4) is 0 Å². The van der Waals surface area contributed by atoms with Crippen LogP contribution in [-0.2, 0) is 9.47 Å². The van der Waals surface area contributed by atoms with E-state index in [1.165, 1.54) is 7.11 Å². The maximum atomic E-state index is 10.9. The molecule has 1 saturated carbocycles. The SMILES string of the molecule is COC(=O)OC/C=C/[C@]1(O)CCCC[C@@H]1c1ccccc1. The van der Waals surface area contributed by atoms with Crippen LogP contribution < -0.4 is 0 Å². The molecule has 0 saturated heterocycles. The molecule has 4 heteroatoms. The predicted molar refractivity (Wildman–Crippen MR) is 80.1 cm³/mol. The van der Waals surface area contributed by atoms with E-state index in [1.54, 1.807) is 12.2 Å². The molecule has 0 unspecified atom stereocenters. The maximum absolute atomic E-state index is 10.9. The highest BCUT2D eigenvalue weighted by Gasteiger charge is 2.37. The molecule has 0 radical (unpaired) electrons. The molecule has 1 aliphatic rings. The summed E-state index contributed by atoms with van der Waals surface area (Å²) in [5.41, 5.74) is 0.275. The Morgan fingerprint density at radius 1 is 1.38 bits per heavy atom. The molecule has 1 aliphatic carbocycles. The van der Waals surface area contributed by atoms with Gasteiger partial charge in [-0.25, -0.2) is 4.79 Å². The first-order valence-corrected chi connectivity index (χ1v) is 7.31. The molecule has 0 heterocycles. The topological polar surface area (TPSA) is 55.8 Å². The Morgan fingerprint density at radius 3 is 2.86 bits per heavy atom. The van der Waals surface area contributed by atoms with Crippen molar-refractivity contribution in [2.24, 2.45) is 0 Å². The monoisotopic (exact) mass is 290 g/mol. The van der Waals surface area contributed by atoms with Crippen molar-refractivity contribution in [3.05, 3.63) is 48.0 Å². The molecule has 114 valence electrons. The minimum Gasteiger partial charge on any atom is -0.438 e. The molecule has 0 bridgehead atoms. The third-order valence-corrected chi connectivity index (χ3v) is 4.00. The number of hydrogen-bond donors (Lipinski definition) is 1. The molecule has 2 rings (SSSR count). The second kappa shape index (κ2) is 7.27. The standard InChI is InChI=1S/C17H22O4/c1-20-16(18)21-13-7-12-17(19)11-6-5-10-15(17)14-8-3-2-4-9-14/h2-4,7-9,12,15,19H,5-6,10-11,13H2,1H3/b12-7+/t15-,17-/m1/s1. The van der Waals surface area contributed by atoms with Crippen molar-refractivity contribution < 1.29 is 19.4 Å². The predicted octanol–water partition coefficient (Wildman–Crippen LogP) is 3.41. The zero-order valence-corrected chi connectivity index (χ0v) is 12.3. The van der Waals surface area contributed by atoms with Crippen LogP contribution in [0.2, 0.25) is 0 Å². The molecule has 0 amide bonds. The second-order valence-corrected chi connectivity index (χ2v) is 5.37. The molecule has 1 aromatic carbocycles. The van der Waals surface area contributed by atoms with Gasteiger partial charge in [0.05, 0.1) is 12.7 Å². The van der Waals surface area contributed by atoms with Crippen LogP contribution in [0.25, 0.3) is 0 Å². The van der Waals surface area contributed by atoms with Gasteiger partial charge in [0.15, 0.2) is 0 Å². The molecule has 2 atom stereocenters. The van der Waals surface area contributed by atoms with E-state index >= 15 is 0 Å². The van der Waals surface area contributed by atoms with Crippen LogP contribution in [0.15, 0.2) is 42.5 Å². The van der Waals surface area contributed by atoms with Crippen molar-refractivity contribution >= 4 is 6.16 Å². The number of carbonyl (C=O) groups is 1. The molecule has 4 nitrogen and oxygen atoms in total. The van der Waals surface area contributed by atoms with E-state index in [1.807, 2.05) is 18.2 Å². The van der Waals surface area contributed by atoms with Gasteiger partial charge in [-0.3, -0.25) is 0 Å². The largest absolute Gasteiger partial charge is 0.508 e. The van der Waals surface area contributed by atoms with Crippen LogP contribution in [0.5, 0.6) is 0 Å². The van der Waals surface area contributed by atoms with E-state index in [2.05, 4.69) is 16.9 Å². The summed E-state index contributed by atoms with van der Waals surface area (Å²) in [6, 6.07) is 10.1. The summed E-state index contributed by atoms with van der Waals surface area (Å²) in [4.78, 5) is 10.9. The van der Waals surface area contributed by atoms with E-state index in [9.17, 15) is 9.90 Å². The highest BCUT2D eigenvalue weighted by atomic mass is 16.7. The van der Waals surface area contributed by atoms with Crippen molar-refractivity contribution in [1.29, 1.82) is 0 Å². The first-order chi connectivity index (χ1) is 10.2. The number of carbonyl (C=O) groups excluding carboxylic acids is 1. The first kappa shape index (κ1) is 15.6. The average molecular weight is 290 g/mol. The first-order valence-electron chi connectivity index (χ1n) is 7.31. The van der Waals surface area contributed by atoms with Crippen LogP contribution in [0.4, 0.5) is 4.79 Å². The van der Waals surface area contributed by atoms with Gasteiger partial charge in [-0.05, 0) is 24.5 Å². The minimum absolute atomic E-state index is 0.0850. The highest BCUT2D eigenvalue weighted by Crippen LogP contribution is 2.41. The molecule has 1 fully saturated rings. The van der Waals surface area contributed by atoms with Crippen molar-refractivity contribution in [1.82, 2.24) is 0 Å². The quantitative estimate of drug-likeness (QED) is 0.682.